The van der Waals surface area contributed by atoms with E-state index in [1.807, 2.05) is 68.4 Å². The van der Waals surface area contributed by atoms with Crippen molar-refractivity contribution in [3.05, 3.63) is 114 Å². The van der Waals surface area contributed by atoms with E-state index < -0.39 is 5.82 Å². The van der Waals surface area contributed by atoms with E-state index in [1.165, 1.54) is 29.8 Å². The summed E-state index contributed by atoms with van der Waals surface area (Å²) in [5, 5.41) is 8.84. The molecule has 1 aliphatic heterocycles. The molecule has 204 valence electrons. The van der Waals surface area contributed by atoms with Crippen molar-refractivity contribution in [1.82, 2.24) is 20.0 Å². The Labute approximate surface area is 233 Å². The molecular formula is C32H32FN5O2. The topological polar surface area (TPSA) is 69.6 Å². The zero-order valence-corrected chi connectivity index (χ0v) is 22.7. The first kappa shape index (κ1) is 27.0. The second-order valence-corrected chi connectivity index (χ2v) is 10.0. The maximum absolute atomic E-state index is 13.5. The van der Waals surface area contributed by atoms with Crippen LogP contribution in [0.1, 0.15) is 34.5 Å². The molecule has 0 aliphatic carbocycles. The van der Waals surface area contributed by atoms with Crippen molar-refractivity contribution >= 4 is 17.6 Å². The molecule has 2 heterocycles. The van der Waals surface area contributed by atoms with Crippen LogP contribution in [-0.2, 0) is 4.79 Å². The number of nitrogens with zero attached hydrogens (tertiary/aromatic N) is 5. The van der Waals surface area contributed by atoms with E-state index in [0.717, 1.165) is 22.6 Å². The number of hydrogen-bond donors (Lipinski definition) is 0. The summed E-state index contributed by atoms with van der Waals surface area (Å²) in [7, 11) is 0. The zero-order chi connectivity index (χ0) is 28.1. The first-order valence-electron chi connectivity index (χ1n) is 13.4. The molecule has 3 aromatic carbocycles. The number of carbonyl (C=O) groups excluding carboxylic acids is 2. The molecule has 0 bridgehead atoms. The maximum Gasteiger partial charge on any atom is 0.254 e. The minimum Gasteiger partial charge on any atom is -0.352 e. The molecule has 0 saturated carbocycles. The van der Waals surface area contributed by atoms with E-state index in [1.54, 1.807) is 9.80 Å². The lowest BCUT2D eigenvalue weighted by Gasteiger charge is -2.37. The van der Waals surface area contributed by atoms with Gasteiger partial charge in [-0.1, -0.05) is 60.2 Å². The third-order valence-corrected chi connectivity index (χ3v) is 7.36. The van der Waals surface area contributed by atoms with Crippen LogP contribution in [0.4, 0.5) is 10.2 Å². The molecule has 1 atom stereocenters. The Morgan fingerprint density at radius 1 is 0.850 bits per heavy atom. The number of halogens is 1. The average Bonchev–Trinajstić information content (AvgIpc) is 3.00. The molecule has 1 aromatic heterocycles. The second-order valence-electron chi connectivity index (χ2n) is 10.0. The van der Waals surface area contributed by atoms with Crippen molar-refractivity contribution in [2.45, 2.75) is 19.9 Å². The summed E-state index contributed by atoms with van der Waals surface area (Å²) in [6.07, 6.45) is 0. The highest BCUT2D eigenvalue weighted by Crippen LogP contribution is 2.24. The molecule has 1 fully saturated rings. The van der Waals surface area contributed by atoms with Crippen LogP contribution in [-0.4, -0.2) is 64.5 Å². The van der Waals surface area contributed by atoms with Crippen LogP contribution in [0.25, 0.3) is 11.3 Å². The Bertz CT molecular complexity index is 1440. The Morgan fingerprint density at radius 3 is 2.15 bits per heavy atom. The summed E-state index contributed by atoms with van der Waals surface area (Å²) in [6, 6.07) is 26.8. The van der Waals surface area contributed by atoms with Crippen molar-refractivity contribution in [2.75, 3.05) is 37.6 Å². The van der Waals surface area contributed by atoms with Gasteiger partial charge in [-0.05, 0) is 55.8 Å². The molecule has 1 aliphatic rings. The number of aromatic nitrogens is 2. The molecule has 8 heteroatoms. The highest BCUT2D eigenvalue weighted by Gasteiger charge is 2.29. The summed E-state index contributed by atoms with van der Waals surface area (Å²) < 4.78 is 13.5. The quantitative estimate of drug-likeness (QED) is 0.326. The predicted octanol–water partition coefficient (Wildman–Crippen LogP) is 5.14. The Hall–Kier alpha value is -4.59. The van der Waals surface area contributed by atoms with Crippen LogP contribution < -0.4 is 4.90 Å². The summed E-state index contributed by atoms with van der Waals surface area (Å²) in [5.74, 6) is -0.0811. The van der Waals surface area contributed by atoms with Gasteiger partial charge < -0.3 is 14.7 Å². The number of piperazine rings is 1. The molecule has 1 unspecified atom stereocenters. The van der Waals surface area contributed by atoms with Crippen LogP contribution in [0.15, 0.2) is 91.0 Å². The van der Waals surface area contributed by atoms with Gasteiger partial charge in [0.15, 0.2) is 5.82 Å². The number of amides is 2. The average molecular weight is 538 g/mol. The van der Waals surface area contributed by atoms with Gasteiger partial charge >= 0.3 is 0 Å². The number of anilines is 1. The lowest BCUT2D eigenvalue weighted by molar-refractivity contribution is -0.132. The lowest BCUT2D eigenvalue weighted by Crippen LogP contribution is -2.52. The minimum absolute atomic E-state index is 0.0721. The molecule has 40 heavy (non-hydrogen) atoms. The summed E-state index contributed by atoms with van der Waals surface area (Å²) in [5.41, 5.74) is 4.29. The standard InChI is InChI=1S/C32H32FN5O2/c1-23-8-10-26(11-9-23)29-16-17-30(35-34-29)36-18-20-37(21-19-36)31(39)22-38(24(2)25-6-4-3-5-7-25)32(40)27-12-14-28(33)15-13-27/h3-17,24H,18-22H2,1-2H3. The minimum atomic E-state index is -0.414. The molecule has 0 spiro atoms. The molecule has 1 saturated heterocycles. The number of benzene rings is 3. The fourth-order valence-corrected chi connectivity index (χ4v) is 4.86. The molecular weight excluding hydrogens is 505 g/mol. The van der Waals surface area contributed by atoms with E-state index in [2.05, 4.69) is 27.2 Å². The van der Waals surface area contributed by atoms with Gasteiger partial charge in [0.2, 0.25) is 5.91 Å². The Morgan fingerprint density at radius 2 is 1.52 bits per heavy atom. The van der Waals surface area contributed by atoms with Crippen LogP contribution in [0.3, 0.4) is 0 Å². The highest BCUT2D eigenvalue weighted by atomic mass is 19.1. The monoisotopic (exact) mass is 537 g/mol. The molecule has 2 amide bonds. The first-order chi connectivity index (χ1) is 19.4. The van der Waals surface area contributed by atoms with Crippen molar-refractivity contribution < 1.29 is 14.0 Å². The van der Waals surface area contributed by atoms with Crippen LogP contribution in [0.5, 0.6) is 0 Å². The van der Waals surface area contributed by atoms with Gasteiger partial charge in [0.05, 0.1) is 11.7 Å². The summed E-state index contributed by atoms with van der Waals surface area (Å²) in [4.78, 5) is 32.4. The van der Waals surface area contributed by atoms with Gasteiger partial charge in [0, 0.05) is 37.3 Å². The highest BCUT2D eigenvalue weighted by molar-refractivity contribution is 5.96. The van der Waals surface area contributed by atoms with Gasteiger partial charge in [0.25, 0.3) is 5.91 Å². The molecule has 0 radical (unpaired) electrons. The van der Waals surface area contributed by atoms with E-state index in [0.29, 0.717) is 31.7 Å². The molecule has 7 nitrogen and oxygen atoms in total. The van der Waals surface area contributed by atoms with E-state index >= 15 is 0 Å². The summed E-state index contributed by atoms with van der Waals surface area (Å²) >= 11 is 0. The third-order valence-electron chi connectivity index (χ3n) is 7.36. The number of hydrogen-bond acceptors (Lipinski definition) is 5. The van der Waals surface area contributed by atoms with Crippen LogP contribution >= 0.6 is 0 Å². The third kappa shape index (κ3) is 6.17. The lowest BCUT2D eigenvalue weighted by atomic mass is 10.1. The van der Waals surface area contributed by atoms with Crippen molar-refractivity contribution in [3.63, 3.8) is 0 Å². The van der Waals surface area contributed by atoms with Gasteiger partial charge in [-0.2, -0.15) is 0 Å². The van der Waals surface area contributed by atoms with E-state index in [-0.39, 0.29) is 24.4 Å². The normalized spacial score (nSPS) is 14.1. The van der Waals surface area contributed by atoms with Gasteiger partial charge in [-0.15, -0.1) is 10.2 Å². The molecule has 4 aromatic rings. The fraction of sp³-hybridized carbons (Fsp3) is 0.250. The van der Waals surface area contributed by atoms with Crippen LogP contribution in [0.2, 0.25) is 0 Å². The second kappa shape index (κ2) is 12.1. The van der Waals surface area contributed by atoms with Gasteiger partial charge in [0.1, 0.15) is 12.4 Å². The number of rotatable bonds is 7. The Balaban J connectivity index is 1.24. The van der Waals surface area contributed by atoms with Crippen molar-refractivity contribution in [2.24, 2.45) is 0 Å². The summed E-state index contributed by atoms with van der Waals surface area (Å²) in [6.45, 7) is 6.14. The maximum atomic E-state index is 13.5. The van der Waals surface area contributed by atoms with E-state index in [4.69, 9.17) is 0 Å². The molecule has 0 N–H and O–H groups in total. The number of carbonyl (C=O) groups is 2. The number of aryl methyl sites for hydroxylation is 1. The van der Waals surface area contributed by atoms with E-state index in [9.17, 15) is 14.0 Å². The van der Waals surface area contributed by atoms with Crippen LogP contribution in [0, 0.1) is 12.7 Å². The van der Waals surface area contributed by atoms with Gasteiger partial charge in [-0.3, -0.25) is 9.59 Å². The SMILES string of the molecule is Cc1ccc(-c2ccc(N3CCN(C(=O)CN(C(=O)c4ccc(F)cc4)C(C)c4ccccc4)CC3)nn2)cc1. The Kier molecular flexibility index (Phi) is 8.15. The fourth-order valence-electron chi connectivity index (χ4n) is 4.86. The van der Waals surface area contributed by atoms with Crippen molar-refractivity contribution in [1.29, 1.82) is 0 Å². The smallest absolute Gasteiger partial charge is 0.254 e. The van der Waals surface area contributed by atoms with Crippen molar-refractivity contribution in [3.8, 4) is 11.3 Å². The largest absolute Gasteiger partial charge is 0.352 e. The van der Waals surface area contributed by atoms with Gasteiger partial charge in [-0.25, -0.2) is 4.39 Å². The first-order valence-corrected chi connectivity index (χ1v) is 13.4. The predicted molar refractivity (Wildman–Crippen MR) is 153 cm³/mol. The molecule has 5 rings (SSSR count). The zero-order valence-electron chi connectivity index (χ0n) is 22.7.